The summed E-state index contributed by atoms with van der Waals surface area (Å²) in [6, 6.07) is 23.8. The third-order valence-corrected chi connectivity index (χ3v) is 4.73. The van der Waals surface area contributed by atoms with Crippen molar-refractivity contribution in [3.63, 3.8) is 0 Å². The molecule has 1 heterocycles. The molecule has 0 aliphatic carbocycles. The van der Waals surface area contributed by atoms with Crippen molar-refractivity contribution in [1.82, 2.24) is 0 Å². The van der Waals surface area contributed by atoms with Gasteiger partial charge in [0.2, 0.25) is 0 Å². The molecule has 0 radical (unpaired) electrons. The van der Waals surface area contributed by atoms with E-state index in [1.54, 1.807) is 0 Å². The summed E-state index contributed by atoms with van der Waals surface area (Å²) in [6.07, 6.45) is 0. The van der Waals surface area contributed by atoms with Gasteiger partial charge in [-0.15, -0.1) is 0 Å². The standard InChI is InChI=1S/C22H19NO4/c23-18(21(24)25)14-26-22(15-8-2-1-3-9-15)16-10-4-6-12-19(16)27-20-13-7-5-11-17(20)22/h1-13,18H,14,23H2,(H,24,25)/t18-/m0/s1. The highest BCUT2D eigenvalue weighted by Gasteiger charge is 2.45. The van der Waals surface area contributed by atoms with Gasteiger partial charge in [0.15, 0.2) is 5.60 Å². The Morgan fingerprint density at radius 1 is 0.926 bits per heavy atom. The number of carboxylic acid groups (broad SMARTS) is 1. The maximum atomic E-state index is 11.3. The Kier molecular flexibility index (Phi) is 4.39. The second kappa shape index (κ2) is 6.87. The fraction of sp³-hybridized carbons (Fsp3) is 0.136. The first-order valence-corrected chi connectivity index (χ1v) is 8.67. The Morgan fingerprint density at radius 3 is 2.00 bits per heavy atom. The molecular formula is C22H19NO4. The lowest BCUT2D eigenvalue weighted by atomic mass is 9.77. The summed E-state index contributed by atoms with van der Waals surface area (Å²) in [5.41, 5.74) is 7.25. The van der Waals surface area contributed by atoms with Crippen molar-refractivity contribution >= 4 is 5.97 Å². The third kappa shape index (κ3) is 2.87. The Morgan fingerprint density at radius 2 is 1.44 bits per heavy atom. The zero-order chi connectivity index (χ0) is 18.9. The molecule has 1 atom stereocenters. The molecule has 5 nitrogen and oxygen atoms in total. The van der Waals surface area contributed by atoms with E-state index in [2.05, 4.69) is 0 Å². The molecule has 5 heteroatoms. The summed E-state index contributed by atoms with van der Waals surface area (Å²) in [5.74, 6) is 0.236. The molecule has 136 valence electrons. The van der Waals surface area contributed by atoms with Gasteiger partial charge in [0.05, 0.1) is 6.61 Å². The van der Waals surface area contributed by atoms with E-state index in [1.165, 1.54) is 0 Å². The number of rotatable bonds is 5. The number of aliphatic carboxylic acids is 1. The predicted molar refractivity (Wildman–Crippen MR) is 101 cm³/mol. The smallest absolute Gasteiger partial charge is 0.322 e. The molecule has 3 N–H and O–H groups in total. The average Bonchev–Trinajstić information content (AvgIpc) is 2.71. The number of para-hydroxylation sites is 2. The highest BCUT2D eigenvalue weighted by atomic mass is 16.5. The summed E-state index contributed by atoms with van der Waals surface area (Å²) in [6.45, 7) is -0.146. The van der Waals surface area contributed by atoms with Crippen molar-refractivity contribution in [3.8, 4) is 11.5 Å². The molecule has 0 saturated carbocycles. The van der Waals surface area contributed by atoms with Crippen LogP contribution in [-0.2, 0) is 15.1 Å². The zero-order valence-corrected chi connectivity index (χ0v) is 14.5. The molecule has 0 amide bonds. The highest BCUT2D eigenvalue weighted by Crippen LogP contribution is 2.52. The first kappa shape index (κ1) is 17.3. The van der Waals surface area contributed by atoms with Gasteiger partial charge in [-0.3, -0.25) is 4.79 Å². The van der Waals surface area contributed by atoms with Gasteiger partial charge < -0.3 is 20.3 Å². The second-order valence-corrected chi connectivity index (χ2v) is 6.40. The van der Waals surface area contributed by atoms with Crippen molar-refractivity contribution in [1.29, 1.82) is 0 Å². The van der Waals surface area contributed by atoms with Crippen molar-refractivity contribution in [2.24, 2.45) is 5.73 Å². The lowest BCUT2D eigenvalue weighted by Gasteiger charge is -2.40. The van der Waals surface area contributed by atoms with E-state index < -0.39 is 17.6 Å². The lowest BCUT2D eigenvalue weighted by molar-refractivity contribution is -0.141. The van der Waals surface area contributed by atoms with Crippen LogP contribution in [0, 0.1) is 0 Å². The summed E-state index contributed by atoms with van der Waals surface area (Å²) in [4.78, 5) is 11.3. The third-order valence-electron chi connectivity index (χ3n) is 4.73. The van der Waals surface area contributed by atoms with Crippen LogP contribution in [0.3, 0.4) is 0 Å². The number of nitrogens with two attached hydrogens (primary N) is 1. The molecule has 0 aromatic heterocycles. The van der Waals surface area contributed by atoms with Gasteiger partial charge in [-0.25, -0.2) is 0 Å². The zero-order valence-electron chi connectivity index (χ0n) is 14.5. The van der Waals surface area contributed by atoms with E-state index >= 15 is 0 Å². The molecule has 4 rings (SSSR count). The summed E-state index contributed by atoms with van der Waals surface area (Å²) >= 11 is 0. The van der Waals surface area contributed by atoms with Crippen LogP contribution >= 0.6 is 0 Å². The monoisotopic (exact) mass is 361 g/mol. The van der Waals surface area contributed by atoms with Crippen molar-refractivity contribution in [2.75, 3.05) is 6.61 Å². The number of carbonyl (C=O) groups is 1. The van der Waals surface area contributed by atoms with Crippen molar-refractivity contribution < 1.29 is 19.4 Å². The topological polar surface area (TPSA) is 81.8 Å². The molecule has 3 aromatic rings. The highest BCUT2D eigenvalue weighted by molar-refractivity contribution is 5.73. The average molecular weight is 361 g/mol. The molecule has 0 unspecified atom stereocenters. The van der Waals surface area contributed by atoms with E-state index in [1.807, 2.05) is 78.9 Å². The molecule has 0 bridgehead atoms. The first-order valence-electron chi connectivity index (χ1n) is 8.67. The number of carboxylic acids is 1. The maximum absolute atomic E-state index is 11.3. The van der Waals surface area contributed by atoms with Crippen LogP contribution in [0.5, 0.6) is 11.5 Å². The lowest BCUT2D eigenvalue weighted by Crippen LogP contribution is -2.42. The van der Waals surface area contributed by atoms with E-state index in [0.717, 1.165) is 16.7 Å². The molecular weight excluding hydrogens is 342 g/mol. The number of hydrogen-bond donors (Lipinski definition) is 2. The van der Waals surface area contributed by atoms with Gasteiger partial charge in [0.1, 0.15) is 17.5 Å². The normalized spacial score (nSPS) is 15.1. The van der Waals surface area contributed by atoms with Gasteiger partial charge in [0.25, 0.3) is 0 Å². The van der Waals surface area contributed by atoms with Crippen LogP contribution in [0.15, 0.2) is 78.9 Å². The van der Waals surface area contributed by atoms with Crippen LogP contribution in [0.4, 0.5) is 0 Å². The number of hydrogen-bond acceptors (Lipinski definition) is 4. The second-order valence-electron chi connectivity index (χ2n) is 6.40. The van der Waals surface area contributed by atoms with Gasteiger partial charge in [-0.2, -0.15) is 0 Å². The Balaban J connectivity index is 1.96. The van der Waals surface area contributed by atoms with Crippen molar-refractivity contribution in [2.45, 2.75) is 11.6 Å². The van der Waals surface area contributed by atoms with E-state index in [-0.39, 0.29) is 6.61 Å². The van der Waals surface area contributed by atoms with Crippen molar-refractivity contribution in [3.05, 3.63) is 95.6 Å². The molecule has 27 heavy (non-hydrogen) atoms. The first-order chi connectivity index (χ1) is 13.1. The summed E-state index contributed by atoms with van der Waals surface area (Å²) < 4.78 is 12.4. The Hall–Kier alpha value is -3.15. The number of ether oxygens (including phenoxy) is 2. The number of benzene rings is 3. The van der Waals surface area contributed by atoms with E-state index in [9.17, 15) is 9.90 Å². The largest absolute Gasteiger partial charge is 0.480 e. The fourth-order valence-corrected chi connectivity index (χ4v) is 3.47. The van der Waals surface area contributed by atoms with Crippen LogP contribution in [0.1, 0.15) is 16.7 Å². The summed E-state index contributed by atoms with van der Waals surface area (Å²) in [5, 5.41) is 9.23. The van der Waals surface area contributed by atoms with E-state index in [0.29, 0.717) is 11.5 Å². The SMILES string of the molecule is N[C@@H](COC1(c2ccccc2)c2ccccc2Oc2ccccc21)C(=O)O. The maximum Gasteiger partial charge on any atom is 0.322 e. The minimum atomic E-state index is -1.13. The van der Waals surface area contributed by atoms with Gasteiger partial charge in [-0.05, 0) is 17.7 Å². The van der Waals surface area contributed by atoms with Crippen LogP contribution in [-0.4, -0.2) is 23.7 Å². The summed E-state index contributed by atoms with van der Waals surface area (Å²) in [7, 11) is 0. The number of fused-ring (bicyclic) bond motifs is 2. The quantitative estimate of drug-likeness (QED) is 0.727. The molecule has 0 spiro atoms. The van der Waals surface area contributed by atoms with Crippen LogP contribution in [0.2, 0.25) is 0 Å². The van der Waals surface area contributed by atoms with Gasteiger partial charge in [-0.1, -0.05) is 66.7 Å². The Bertz CT molecular complexity index is 925. The predicted octanol–water partition coefficient (Wildman–Crippen LogP) is 3.51. The van der Waals surface area contributed by atoms with Crippen LogP contribution < -0.4 is 10.5 Å². The fourth-order valence-electron chi connectivity index (χ4n) is 3.47. The van der Waals surface area contributed by atoms with Crippen LogP contribution in [0.25, 0.3) is 0 Å². The van der Waals surface area contributed by atoms with E-state index in [4.69, 9.17) is 15.2 Å². The minimum Gasteiger partial charge on any atom is -0.480 e. The minimum absolute atomic E-state index is 0.146. The molecule has 1 aliphatic rings. The van der Waals surface area contributed by atoms with Gasteiger partial charge >= 0.3 is 5.97 Å². The van der Waals surface area contributed by atoms with Gasteiger partial charge in [0, 0.05) is 11.1 Å². The Labute approximate surface area is 157 Å². The molecule has 0 fully saturated rings. The molecule has 1 aliphatic heterocycles. The molecule has 0 saturated heterocycles. The molecule has 3 aromatic carbocycles.